The van der Waals surface area contributed by atoms with Crippen LogP contribution >= 0.6 is 0 Å². The number of carbonyl (C=O) groups excluding carboxylic acids is 1. The molecular weight excluding hydrogens is 280 g/mol. The van der Waals surface area contributed by atoms with Gasteiger partial charge in [-0.2, -0.15) is 5.10 Å². The summed E-state index contributed by atoms with van der Waals surface area (Å²) in [7, 11) is 0. The van der Waals surface area contributed by atoms with E-state index in [4.69, 9.17) is 4.74 Å². The largest absolute Gasteiger partial charge is 0.378 e. The van der Waals surface area contributed by atoms with Gasteiger partial charge in [-0.1, -0.05) is 30.3 Å². The summed E-state index contributed by atoms with van der Waals surface area (Å²) in [4.78, 5) is 14.1. The molecule has 0 bridgehead atoms. The molecule has 22 heavy (non-hydrogen) atoms. The van der Waals surface area contributed by atoms with Crippen LogP contribution in [0.1, 0.15) is 11.3 Å². The summed E-state index contributed by atoms with van der Waals surface area (Å²) in [6.45, 7) is 4.99. The number of hydrogen-bond acceptors (Lipinski definition) is 3. The van der Waals surface area contributed by atoms with Gasteiger partial charge in [-0.15, -0.1) is 0 Å². The van der Waals surface area contributed by atoms with Gasteiger partial charge in [-0.05, 0) is 12.5 Å². The van der Waals surface area contributed by atoms with E-state index in [1.807, 2.05) is 48.0 Å². The Kier molecular flexibility index (Phi) is 4.39. The number of nitrogens with zero attached hydrogens (tertiary/aromatic N) is 3. The molecule has 1 aliphatic rings. The van der Waals surface area contributed by atoms with Crippen LogP contribution in [0.5, 0.6) is 0 Å². The summed E-state index contributed by atoms with van der Waals surface area (Å²) in [6.07, 6.45) is 0. The lowest BCUT2D eigenvalue weighted by Crippen LogP contribution is -2.43. The number of ether oxygens (including phenoxy) is 1. The van der Waals surface area contributed by atoms with Crippen LogP contribution in [0, 0.1) is 6.92 Å². The molecule has 0 spiro atoms. The summed E-state index contributed by atoms with van der Waals surface area (Å²) in [5, 5.41) is 7.42. The van der Waals surface area contributed by atoms with Crippen LogP contribution in [-0.2, 0) is 11.3 Å². The molecule has 1 fully saturated rings. The zero-order valence-electron chi connectivity index (χ0n) is 12.7. The third-order valence-electron chi connectivity index (χ3n) is 3.61. The topological polar surface area (TPSA) is 59.4 Å². The van der Waals surface area contributed by atoms with Gasteiger partial charge in [0.25, 0.3) is 0 Å². The van der Waals surface area contributed by atoms with Crippen molar-refractivity contribution in [3.63, 3.8) is 0 Å². The Balaban J connectivity index is 1.72. The minimum atomic E-state index is -0.0995. The molecule has 0 atom stereocenters. The van der Waals surface area contributed by atoms with Gasteiger partial charge in [0.05, 0.1) is 25.5 Å². The van der Waals surface area contributed by atoms with Gasteiger partial charge in [0, 0.05) is 19.2 Å². The van der Waals surface area contributed by atoms with Crippen molar-refractivity contribution in [1.82, 2.24) is 14.7 Å². The van der Waals surface area contributed by atoms with E-state index >= 15 is 0 Å². The van der Waals surface area contributed by atoms with Gasteiger partial charge in [-0.3, -0.25) is 5.32 Å². The lowest BCUT2D eigenvalue weighted by Gasteiger charge is -2.26. The fourth-order valence-electron chi connectivity index (χ4n) is 2.48. The van der Waals surface area contributed by atoms with Crippen molar-refractivity contribution in [2.75, 3.05) is 31.6 Å². The third-order valence-corrected chi connectivity index (χ3v) is 3.61. The Labute approximate surface area is 129 Å². The Morgan fingerprint density at radius 2 is 2.00 bits per heavy atom. The highest BCUT2D eigenvalue weighted by Crippen LogP contribution is 2.14. The molecule has 2 amide bonds. The van der Waals surface area contributed by atoms with Crippen LogP contribution < -0.4 is 5.32 Å². The number of anilines is 1. The number of aryl methyl sites for hydroxylation is 1. The van der Waals surface area contributed by atoms with Crippen molar-refractivity contribution in [3.8, 4) is 0 Å². The molecule has 6 heteroatoms. The second-order valence-corrected chi connectivity index (χ2v) is 5.34. The Hall–Kier alpha value is -2.34. The van der Waals surface area contributed by atoms with E-state index in [1.54, 1.807) is 4.90 Å². The predicted molar refractivity (Wildman–Crippen MR) is 83.9 cm³/mol. The second kappa shape index (κ2) is 6.62. The molecule has 1 N–H and O–H groups in total. The molecule has 0 unspecified atom stereocenters. The summed E-state index contributed by atoms with van der Waals surface area (Å²) in [6, 6.07) is 11.9. The summed E-state index contributed by atoms with van der Waals surface area (Å²) in [5.74, 6) is 0.720. The molecule has 1 aromatic carbocycles. The maximum Gasteiger partial charge on any atom is 0.323 e. The maximum absolute atomic E-state index is 12.3. The highest BCUT2D eigenvalue weighted by molar-refractivity contribution is 5.88. The van der Waals surface area contributed by atoms with E-state index < -0.39 is 0 Å². The Morgan fingerprint density at radius 1 is 1.27 bits per heavy atom. The average molecular weight is 300 g/mol. The number of urea groups is 1. The standard InChI is InChI=1S/C16H20N4O2/c1-13-11-15(17-16(21)19-7-9-22-10-8-19)20(18-13)12-14-5-3-2-4-6-14/h2-6,11H,7-10,12H2,1H3,(H,17,21). The van der Waals surface area contributed by atoms with E-state index in [-0.39, 0.29) is 6.03 Å². The molecule has 0 aliphatic carbocycles. The molecule has 6 nitrogen and oxygen atoms in total. The lowest BCUT2D eigenvalue weighted by molar-refractivity contribution is 0.0564. The van der Waals surface area contributed by atoms with Gasteiger partial charge >= 0.3 is 6.03 Å². The molecule has 1 aromatic heterocycles. The van der Waals surface area contributed by atoms with Crippen LogP contribution in [0.3, 0.4) is 0 Å². The number of rotatable bonds is 3. The van der Waals surface area contributed by atoms with Crippen LogP contribution in [0.15, 0.2) is 36.4 Å². The third kappa shape index (κ3) is 3.46. The van der Waals surface area contributed by atoms with Crippen molar-refractivity contribution in [1.29, 1.82) is 0 Å². The van der Waals surface area contributed by atoms with E-state index in [2.05, 4.69) is 10.4 Å². The molecule has 1 saturated heterocycles. The fraction of sp³-hybridized carbons (Fsp3) is 0.375. The molecular formula is C16H20N4O2. The van der Waals surface area contributed by atoms with Gasteiger partial charge in [-0.25, -0.2) is 9.48 Å². The quantitative estimate of drug-likeness (QED) is 0.944. The van der Waals surface area contributed by atoms with Crippen molar-refractivity contribution >= 4 is 11.8 Å². The van der Waals surface area contributed by atoms with E-state index in [9.17, 15) is 4.79 Å². The van der Waals surface area contributed by atoms with E-state index in [0.29, 0.717) is 32.8 Å². The normalized spacial score (nSPS) is 14.9. The highest BCUT2D eigenvalue weighted by atomic mass is 16.5. The first kappa shape index (κ1) is 14.6. The first-order valence-corrected chi connectivity index (χ1v) is 7.44. The molecule has 0 radical (unpaired) electrons. The van der Waals surface area contributed by atoms with Crippen LogP contribution in [0.2, 0.25) is 0 Å². The van der Waals surface area contributed by atoms with E-state index in [1.165, 1.54) is 0 Å². The van der Waals surface area contributed by atoms with Gasteiger partial charge in [0.2, 0.25) is 0 Å². The van der Waals surface area contributed by atoms with Crippen LogP contribution in [0.25, 0.3) is 0 Å². The zero-order valence-corrected chi connectivity index (χ0v) is 12.7. The average Bonchev–Trinajstić information content (AvgIpc) is 2.88. The zero-order chi connectivity index (χ0) is 15.4. The fourth-order valence-corrected chi connectivity index (χ4v) is 2.48. The van der Waals surface area contributed by atoms with E-state index in [0.717, 1.165) is 17.1 Å². The van der Waals surface area contributed by atoms with Gasteiger partial charge < -0.3 is 9.64 Å². The Morgan fingerprint density at radius 3 is 2.73 bits per heavy atom. The number of morpholine rings is 1. The number of aromatic nitrogens is 2. The van der Waals surface area contributed by atoms with Crippen LogP contribution in [-0.4, -0.2) is 47.0 Å². The van der Waals surface area contributed by atoms with Crippen molar-refractivity contribution in [3.05, 3.63) is 47.7 Å². The minimum absolute atomic E-state index is 0.0995. The predicted octanol–water partition coefficient (Wildman–Crippen LogP) is 2.10. The number of hydrogen-bond donors (Lipinski definition) is 1. The first-order chi connectivity index (χ1) is 10.7. The Bertz CT molecular complexity index is 633. The molecule has 2 heterocycles. The summed E-state index contributed by atoms with van der Waals surface area (Å²) < 4.78 is 7.09. The van der Waals surface area contributed by atoms with Crippen molar-refractivity contribution in [2.45, 2.75) is 13.5 Å². The van der Waals surface area contributed by atoms with Crippen molar-refractivity contribution in [2.24, 2.45) is 0 Å². The van der Waals surface area contributed by atoms with Gasteiger partial charge in [0.15, 0.2) is 0 Å². The molecule has 2 aromatic rings. The summed E-state index contributed by atoms with van der Waals surface area (Å²) >= 11 is 0. The number of nitrogens with one attached hydrogen (secondary N) is 1. The molecule has 116 valence electrons. The maximum atomic E-state index is 12.3. The number of benzene rings is 1. The molecule has 0 saturated carbocycles. The smallest absolute Gasteiger partial charge is 0.323 e. The number of carbonyl (C=O) groups is 1. The number of amides is 2. The molecule has 3 rings (SSSR count). The first-order valence-electron chi connectivity index (χ1n) is 7.44. The van der Waals surface area contributed by atoms with Gasteiger partial charge in [0.1, 0.15) is 5.82 Å². The summed E-state index contributed by atoms with van der Waals surface area (Å²) in [5.41, 5.74) is 2.03. The second-order valence-electron chi connectivity index (χ2n) is 5.34. The highest BCUT2D eigenvalue weighted by Gasteiger charge is 2.18. The molecule has 1 aliphatic heterocycles. The van der Waals surface area contributed by atoms with Crippen molar-refractivity contribution < 1.29 is 9.53 Å². The van der Waals surface area contributed by atoms with Crippen LogP contribution in [0.4, 0.5) is 10.6 Å². The lowest BCUT2D eigenvalue weighted by atomic mass is 10.2. The SMILES string of the molecule is Cc1cc(NC(=O)N2CCOCC2)n(Cc2ccccc2)n1. The minimum Gasteiger partial charge on any atom is -0.378 e. The monoisotopic (exact) mass is 300 g/mol.